The minimum Gasteiger partial charge on any atom is -0.465 e. The molecule has 3 rings (SSSR count). The number of nitro groups is 1. The molecule has 1 aliphatic heterocycles. The summed E-state index contributed by atoms with van der Waals surface area (Å²) in [7, 11) is 0. The maximum Gasteiger partial charge on any atom is 0.326 e. The van der Waals surface area contributed by atoms with E-state index in [1.807, 2.05) is 0 Å². The number of fused-ring (bicyclic) bond motifs is 1. The lowest BCUT2D eigenvalue weighted by Crippen LogP contribution is -2.35. The Balaban J connectivity index is 1.86. The van der Waals surface area contributed by atoms with Gasteiger partial charge in [-0.05, 0) is 43.2 Å². The molecule has 0 bridgehead atoms. The zero-order valence-electron chi connectivity index (χ0n) is 15.8. The van der Waals surface area contributed by atoms with Gasteiger partial charge in [-0.3, -0.25) is 19.2 Å². The molecule has 1 heterocycles. The highest BCUT2D eigenvalue weighted by Crippen LogP contribution is 2.25. The maximum atomic E-state index is 12.6. The minimum atomic E-state index is -1.33. The first-order valence-corrected chi connectivity index (χ1v) is 8.92. The second-order valence-electron chi connectivity index (χ2n) is 6.28. The van der Waals surface area contributed by atoms with Crippen LogP contribution in [-0.4, -0.2) is 40.4 Å². The molecule has 0 saturated carbocycles. The fourth-order valence-electron chi connectivity index (χ4n) is 2.97. The highest BCUT2D eigenvalue weighted by atomic mass is 16.7. The van der Waals surface area contributed by atoms with Crippen molar-refractivity contribution < 1.29 is 33.7 Å². The number of para-hydroxylation sites is 1. The van der Waals surface area contributed by atoms with Crippen molar-refractivity contribution in [2.24, 2.45) is 5.92 Å². The lowest BCUT2D eigenvalue weighted by Gasteiger charge is -2.15. The van der Waals surface area contributed by atoms with Crippen molar-refractivity contribution in [2.45, 2.75) is 13.3 Å². The number of carbonyl (C=O) groups is 4. The van der Waals surface area contributed by atoms with Crippen molar-refractivity contribution in [3.05, 3.63) is 75.3 Å². The Morgan fingerprint density at radius 2 is 1.70 bits per heavy atom. The van der Waals surface area contributed by atoms with Crippen molar-refractivity contribution in [3.8, 4) is 5.75 Å². The molecule has 10 heteroatoms. The van der Waals surface area contributed by atoms with Gasteiger partial charge in [0.25, 0.3) is 0 Å². The quantitative estimate of drug-likeness (QED) is 0.168. The van der Waals surface area contributed by atoms with Crippen LogP contribution in [0, 0.1) is 16.0 Å². The van der Waals surface area contributed by atoms with Crippen molar-refractivity contribution in [1.82, 2.24) is 5.01 Å². The van der Waals surface area contributed by atoms with Gasteiger partial charge in [-0.15, -0.1) is 0 Å². The van der Waals surface area contributed by atoms with Crippen LogP contribution in [-0.2, 0) is 20.7 Å². The SMILES string of the molecule is CCOC(=O)C(Cc1ccc2c(c1)C(=O)N([N+](=O)[O-])C2=O)C(=O)Oc1ccccc1. The van der Waals surface area contributed by atoms with Crippen molar-refractivity contribution in [2.75, 3.05) is 6.61 Å². The molecule has 2 aromatic carbocycles. The van der Waals surface area contributed by atoms with Gasteiger partial charge in [0.15, 0.2) is 11.0 Å². The number of imide groups is 1. The number of benzene rings is 2. The van der Waals surface area contributed by atoms with Gasteiger partial charge in [-0.2, -0.15) is 0 Å². The molecule has 0 aliphatic carbocycles. The van der Waals surface area contributed by atoms with Crippen LogP contribution < -0.4 is 4.74 Å². The molecule has 0 fully saturated rings. The molecule has 1 aliphatic rings. The highest BCUT2D eigenvalue weighted by molar-refractivity contribution is 6.20. The van der Waals surface area contributed by atoms with Crippen LogP contribution >= 0.6 is 0 Å². The van der Waals surface area contributed by atoms with E-state index in [0.717, 1.165) is 0 Å². The van der Waals surface area contributed by atoms with Crippen LogP contribution in [0.2, 0.25) is 0 Å². The molecule has 0 spiro atoms. The number of hydrazine groups is 1. The van der Waals surface area contributed by atoms with Crippen LogP contribution in [0.5, 0.6) is 5.75 Å². The number of amides is 2. The second-order valence-corrected chi connectivity index (χ2v) is 6.28. The Labute approximate surface area is 170 Å². The summed E-state index contributed by atoms with van der Waals surface area (Å²) in [5.41, 5.74) is 0.0383. The molecular formula is C20H16N2O8. The fourth-order valence-corrected chi connectivity index (χ4v) is 2.97. The van der Waals surface area contributed by atoms with E-state index in [-0.39, 0.29) is 34.9 Å². The molecule has 10 nitrogen and oxygen atoms in total. The summed E-state index contributed by atoms with van der Waals surface area (Å²) in [6.07, 6.45) is -0.183. The molecule has 2 aromatic rings. The van der Waals surface area contributed by atoms with Gasteiger partial charge in [-0.25, -0.2) is 10.1 Å². The number of rotatable bonds is 7. The van der Waals surface area contributed by atoms with Gasteiger partial charge in [0.2, 0.25) is 0 Å². The standard InChI is InChI=1S/C20H16N2O8/c1-2-29-19(25)16(20(26)30-13-6-4-3-5-7-13)11-12-8-9-14-15(10-12)18(24)21(17(14)23)22(27)28/h3-10,16H,2,11H2,1H3. The Kier molecular flexibility index (Phi) is 5.86. The molecule has 1 unspecified atom stereocenters. The molecule has 2 amide bonds. The van der Waals surface area contributed by atoms with Crippen molar-refractivity contribution in [3.63, 3.8) is 0 Å². The third kappa shape index (κ3) is 4.02. The zero-order chi connectivity index (χ0) is 21.8. The molecule has 154 valence electrons. The first-order valence-electron chi connectivity index (χ1n) is 8.92. The van der Waals surface area contributed by atoms with Crippen LogP contribution in [0.15, 0.2) is 48.5 Å². The van der Waals surface area contributed by atoms with E-state index in [9.17, 15) is 29.3 Å². The summed E-state index contributed by atoms with van der Waals surface area (Å²) in [6.45, 7) is 1.63. The van der Waals surface area contributed by atoms with Crippen LogP contribution in [0.25, 0.3) is 0 Å². The average molecular weight is 412 g/mol. The fraction of sp³-hybridized carbons (Fsp3) is 0.200. The largest absolute Gasteiger partial charge is 0.465 e. The van der Waals surface area contributed by atoms with Gasteiger partial charge < -0.3 is 9.47 Å². The number of ether oxygens (including phenoxy) is 2. The second kappa shape index (κ2) is 8.52. The van der Waals surface area contributed by atoms with E-state index in [2.05, 4.69) is 0 Å². The van der Waals surface area contributed by atoms with Crippen LogP contribution in [0.3, 0.4) is 0 Å². The Bertz CT molecular complexity index is 1030. The normalized spacial score (nSPS) is 13.6. The summed E-state index contributed by atoms with van der Waals surface area (Å²) >= 11 is 0. The van der Waals surface area contributed by atoms with Crippen LogP contribution in [0.4, 0.5) is 0 Å². The van der Waals surface area contributed by atoms with Gasteiger partial charge in [0.05, 0.1) is 17.7 Å². The summed E-state index contributed by atoms with van der Waals surface area (Å²) in [4.78, 5) is 60.0. The van der Waals surface area contributed by atoms with Gasteiger partial charge in [-0.1, -0.05) is 24.3 Å². The molecular weight excluding hydrogens is 396 g/mol. The molecule has 0 saturated heterocycles. The zero-order valence-corrected chi connectivity index (χ0v) is 15.8. The third-order valence-electron chi connectivity index (χ3n) is 4.35. The monoisotopic (exact) mass is 412 g/mol. The number of hydrogen-bond acceptors (Lipinski definition) is 8. The predicted octanol–water partition coefficient (Wildman–Crippen LogP) is 1.80. The summed E-state index contributed by atoms with van der Waals surface area (Å²) in [5, 5.41) is 9.77. The number of hydrogen-bond donors (Lipinski definition) is 0. The van der Waals surface area contributed by atoms with Gasteiger partial charge in [0, 0.05) is 5.01 Å². The Hall–Kier alpha value is -4.08. The van der Waals surface area contributed by atoms with Crippen molar-refractivity contribution >= 4 is 23.8 Å². The van der Waals surface area contributed by atoms with E-state index >= 15 is 0 Å². The van der Waals surface area contributed by atoms with E-state index in [1.54, 1.807) is 37.3 Å². The first kappa shape index (κ1) is 20.6. The minimum absolute atomic E-state index is 0.0446. The highest BCUT2D eigenvalue weighted by Gasteiger charge is 2.44. The topological polar surface area (TPSA) is 133 Å². The van der Waals surface area contributed by atoms with Crippen molar-refractivity contribution in [1.29, 1.82) is 0 Å². The molecule has 30 heavy (non-hydrogen) atoms. The lowest BCUT2D eigenvalue weighted by atomic mass is 9.96. The lowest BCUT2D eigenvalue weighted by molar-refractivity contribution is -0.609. The predicted molar refractivity (Wildman–Crippen MR) is 99.8 cm³/mol. The molecule has 0 radical (unpaired) electrons. The van der Waals surface area contributed by atoms with Crippen LogP contribution in [0.1, 0.15) is 33.2 Å². The summed E-state index contributed by atoms with van der Waals surface area (Å²) in [5.74, 6) is -4.88. The van der Waals surface area contributed by atoms with Gasteiger partial charge >= 0.3 is 23.8 Å². The van der Waals surface area contributed by atoms with E-state index in [0.29, 0.717) is 5.56 Å². The molecule has 0 N–H and O–H groups in total. The number of nitrogens with zero attached hydrogens (tertiary/aromatic N) is 2. The molecule has 0 aromatic heterocycles. The maximum absolute atomic E-state index is 12.6. The Morgan fingerprint density at radius 1 is 1.03 bits per heavy atom. The first-order chi connectivity index (χ1) is 14.3. The van der Waals surface area contributed by atoms with E-state index < -0.39 is 34.7 Å². The van der Waals surface area contributed by atoms with Gasteiger partial charge in [0.1, 0.15) is 5.75 Å². The molecule has 1 atom stereocenters. The average Bonchev–Trinajstić information content (AvgIpc) is 2.97. The summed E-state index contributed by atoms with van der Waals surface area (Å²) in [6, 6.07) is 12.1. The third-order valence-corrected chi connectivity index (χ3v) is 4.35. The number of carbonyl (C=O) groups excluding carboxylic acids is 4. The number of esters is 2. The Morgan fingerprint density at radius 3 is 2.33 bits per heavy atom. The summed E-state index contributed by atoms with van der Waals surface area (Å²) < 4.78 is 10.2. The smallest absolute Gasteiger partial charge is 0.326 e. The van der Waals surface area contributed by atoms with E-state index in [4.69, 9.17) is 9.47 Å². The van der Waals surface area contributed by atoms with E-state index in [1.165, 1.54) is 18.2 Å².